The van der Waals surface area contributed by atoms with Gasteiger partial charge in [-0.1, -0.05) is 12.1 Å². The molecule has 1 atom stereocenters. The molecule has 1 aliphatic rings. The van der Waals surface area contributed by atoms with Crippen LogP contribution in [0.25, 0.3) is 0 Å². The van der Waals surface area contributed by atoms with Crippen molar-refractivity contribution in [2.75, 3.05) is 13.2 Å². The molecule has 0 bridgehead atoms. The monoisotopic (exact) mass is 193 g/mol. The van der Waals surface area contributed by atoms with Crippen molar-refractivity contribution in [1.29, 1.82) is 0 Å². The fourth-order valence-corrected chi connectivity index (χ4v) is 1.65. The maximum Gasteiger partial charge on any atom is 0.162 e. The Hall–Kier alpha value is -1.22. The molecule has 0 aromatic heterocycles. The van der Waals surface area contributed by atoms with Crippen LogP contribution in [0, 0.1) is 0 Å². The zero-order valence-corrected chi connectivity index (χ0v) is 8.29. The Balaban J connectivity index is 2.26. The van der Waals surface area contributed by atoms with Crippen molar-refractivity contribution in [2.45, 2.75) is 19.4 Å². The van der Waals surface area contributed by atoms with Gasteiger partial charge in [0.2, 0.25) is 0 Å². The molecule has 2 N–H and O–H groups in total. The molecule has 3 nitrogen and oxygen atoms in total. The summed E-state index contributed by atoms with van der Waals surface area (Å²) in [6.07, 6.45) is 1.09. The van der Waals surface area contributed by atoms with Gasteiger partial charge < -0.3 is 15.2 Å². The second-order valence-corrected chi connectivity index (χ2v) is 3.42. The van der Waals surface area contributed by atoms with Gasteiger partial charge in [-0.05, 0) is 26.0 Å². The molecule has 1 saturated heterocycles. The fourth-order valence-electron chi connectivity index (χ4n) is 1.65. The zero-order valence-electron chi connectivity index (χ0n) is 8.29. The summed E-state index contributed by atoms with van der Waals surface area (Å²) in [6.45, 7) is 3.52. The van der Waals surface area contributed by atoms with Gasteiger partial charge in [0.15, 0.2) is 11.5 Å². The van der Waals surface area contributed by atoms with Gasteiger partial charge in [-0.2, -0.15) is 0 Å². The van der Waals surface area contributed by atoms with Crippen LogP contribution in [0.15, 0.2) is 18.2 Å². The number of ether oxygens (including phenoxy) is 1. The minimum Gasteiger partial charge on any atom is -0.504 e. The number of aromatic hydroxyl groups is 1. The van der Waals surface area contributed by atoms with E-state index in [-0.39, 0.29) is 5.75 Å². The molecule has 0 spiro atoms. The maximum atomic E-state index is 9.89. The lowest BCUT2D eigenvalue weighted by Gasteiger charge is -2.28. The van der Waals surface area contributed by atoms with Crippen molar-refractivity contribution in [3.63, 3.8) is 0 Å². The van der Waals surface area contributed by atoms with E-state index in [1.807, 2.05) is 19.1 Å². The lowest BCUT2D eigenvalue weighted by atomic mass is 9.97. The Labute approximate surface area is 83.7 Å². The average molecular weight is 193 g/mol. The van der Waals surface area contributed by atoms with Gasteiger partial charge in [0.05, 0.1) is 6.61 Å². The molecular formula is C11H15NO2. The van der Waals surface area contributed by atoms with Crippen LogP contribution in [0.5, 0.6) is 11.5 Å². The summed E-state index contributed by atoms with van der Waals surface area (Å²) >= 11 is 0. The standard InChI is InChI=1S/C11H15NO2/c1-2-14-10-5-3-4-8(11(10)13)9-6-7-12-9/h3-5,9,12-13H,2,6-7H2,1H3/t9-/m1/s1. The summed E-state index contributed by atoms with van der Waals surface area (Å²) in [5, 5.41) is 13.1. The zero-order chi connectivity index (χ0) is 9.97. The Bertz CT molecular complexity index is 321. The van der Waals surface area contributed by atoms with Gasteiger partial charge in [0, 0.05) is 11.6 Å². The van der Waals surface area contributed by atoms with Crippen LogP contribution < -0.4 is 10.1 Å². The summed E-state index contributed by atoms with van der Waals surface area (Å²) in [4.78, 5) is 0. The van der Waals surface area contributed by atoms with E-state index in [1.165, 1.54) is 0 Å². The molecule has 1 heterocycles. The number of hydrogen-bond acceptors (Lipinski definition) is 3. The molecule has 1 aliphatic heterocycles. The minimum atomic E-state index is 0.284. The lowest BCUT2D eigenvalue weighted by Crippen LogP contribution is -2.34. The topological polar surface area (TPSA) is 41.5 Å². The molecule has 76 valence electrons. The summed E-state index contributed by atoms with van der Waals surface area (Å²) in [5.41, 5.74) is 0.946. The summed E-state index contributed by atoms with van der Waals surface area (Å²) in [5.74, 6) is 0.866. The first-order valence-corrected chi connectivity index (χ1v) is 5.01. The van der Waals surface area contributed by atoms with Gasteiger partial charge >= 0.3 is 0 Å². The molecule has 0 unspecified atom stereocenters. The van der Waals surface area contributed by atoms with Gasteiger partial charge in [-0.15, -0.1) is 0 Å². The second-order valence-electron chi connectivity index (χ2n) is 3.42. The Morgan fingerprint density at radius 1 is 1.57 bits per heavy atom. The number of hydrogen-bond donors (Lipinski definition) is 2. The number of para-hydroxylation sites is 1. The average Bonchev–Trinajstić information content (AvgIpc) is 2.09. The Kier molecular flexibility index (Phi) is 2.59. The van der Waals surface area contributed by atoms with Crippen LogP contribution in [-0.2, 0) is 0 Å². The number of rotatable bonds is 3. The second kappa shape index (κ2) is 3.88. The van der Waals surface area contributed by atoms with Crippen molar-refractivity contribution in [3.05, 3.63) is 23.8 Å². The molecule has 2 rings (SSSR count). The molecule has 1 aromatic rings. The predicted octanol–water partition coefficient (Wildman–Crippen LogP) is 1.83. The molecule has 1 fully saturated rings. The summed E-state index contributed by atoms with van der Waals surface area (Å²) in [6, 6.07) is 5.95. The largest absolute Gasteiger partial charge is 0.504 e. The molecular weight excluding hydrogens is 178 g/mol. The van der Waals surface area contributed by atoms with Crippen molar-refractivity contribution < 1.29 is 9.84 Å². The van der Waals surface area contributed by atoms with Crippen LogP contribution in [0.4, 0.5) is 0 Å². The third kappa shape index (κ3) is 1.55. The molecule has 0 saturated carbocycles. The van der Waals surface area contributed by atoms with Crippen LogP contribution in [0.2, 0.25) is 0 Å². The molecule has 0 aliphatic carbocycles. The molecule has 0 amide bonds. The first-order valence-electron chi connectivity index (χ1n) is 5.01. The number of phenolic OH excluding ortho intramolecular Hbond substituents is 1. The first kappa shape index (κ1) is 9.34. The maximum absolute atomic E-state index is 9.89. The minimum absolute atomic E-state index is 0.284. The lowest BCUT2D eigenvalue weighted by molar-refractivity contribution is 0.308. The predicted molar refractivity (Wildman–Crippen MR) is 54.6 cm³/mol. The van der Waals surface area contributed by atoms with Gasteiger partial charge in [0.25, 0.3) is 0 Å². The normalized spacial score (nSPS) is 20.2. The van der Waals surface area contributed by atoms with Crippen LogP contribution >= 0.6 is 0 Å². The number of benzene rings is 1. The highest BCUT2D eigenvalue weighted by Crippen LogP contribution is 2.36. The third-order valence-corrected chi connectivity index (χ3v) is 2.53. The van der Waals surface area contributed by atoms with Crippen LogP contribution in [0.3, 0.4) is 0 Å². The van der Waals surface area contributed by atoms with E-state index in [4.69, 9.17) is 4.74 Å². The number of nitrogens with one attached hydrogen (secondary N) is 1. The quantitative estimate of drug-likeness (QED) is 0.769. The first-order chi connectivity index (χ1) is 6.83. The van der Waals surface area contributed by atoms with Gasteiger partial charge in [0.1, 0.15) is 0 Å². The highest BCUT2D eigenvalue weighted by atomic mass is 16.5. The highest BCUT2D eigenvalue weighted by molar-refractivity contribution is 5.47. The van der Waals surface area contributed by atoms with Crippen LogP contribution in [-0.4, -0.2) is 18.3 Å². The van der Waals surface area contributed by atoms with Gasteiger partial charge in [-0.3, -0.25) is 0 Å². The highest BCUT2D eigenvalue weighted by Gasteiger charge is 2.22. The smallest absolute Gasteiger partial charge is 0.162 e. The Morgan fingerprint density at radius 3 is 2.93 bits per heavy atom. The number of phenols is 1. The van der Waals surface area contributed by atoms with E-state index in [9.17, 15) is 5.11 Å². The summed E-state index contributed by atoms with van der Waals surface area (Å²) in [7, 11) is 0. The van der Waals surface area contributed by atoms with Crippen molar-refractivity contribution >= 4 is 0 Å². The van der Waals surface area contributed by atoms with Crippen LogP contribution in [0.1, 0.15) is 24.9 Å². The van der Waals surface area contributed by atoms with Crippen molar-refractivity contribution in [3.8, 4) is 11.5 Å². The fraction of sp³-hybridized carbons (Fsp3) is 0.455. The molecule has 3 heteroatoms. The van der Waals surface area contributed by atoms with E-state index in [1.54, 1.807) is 6.07 Å². The van der Waals surface area contributed by atoms with E-state index in [0.29, 0.717) is 18.4 Å². The summed E-state index contributed by atoms with van der Waals surface area (Å²) < 4.78 is 5.32. The Morgan fingerprint density at radius 2 is 2.36 bits per heavy atom. The van der Waals surface area contributed by atoms with E-state index in [0.717, 1.165) is 18.5 Å². The third-order valence-electron chi connectivity index (χ3n) is 2.53. The van der Waals surface area contributed by atoms with E-state index >= 15 is 0 Å². The van der Waals surface area contributed by atoms with Gasteiger partial charge in [-0.25, -0.2) is 0 Å². The van der Waals surface area contributed by atoms with Crippen molar-refractivity contribution in [2.24, 2.45) is 0 Å². The molecule has 0 radical (unpaired) electrons. The van der Waals surface area contributed by atoms with Crippen molar-refractivity contribution in [1.82, 2.24) is 5.32 Å². The molecule has 14 heavy (non-hydrogen) atoms. The molecule has 1 aromatic carbocycles. The SMILES string of the molecule is CCOc1cccc([C@H]2CCN2)c1O. The van der Waals surface area contributed by atoms with E-state index < -0.39 is 0 Å². The van der Waals surface area contributed by atoms with E-state index in [2.05, 4.69) is 5.32 Å².